The van der Waals surface area contributed by atoms with Crippen molar-refractivity contribution in [3.05, 3.63) is 84.4 Å². The van der Waals surface area contributed by atoms with Crippen molar-refractivity contribution in [2.45, 2.75) is 12.1 Å². The van der Waals surface area contributed by atoms with Gasteiger partial charge >= 0.3 is 0 Å². The average molecular weight is 407 g/mol. The number of nitrogens with one attached hydrogen (secondary N) is 1. The van der Waals surface area contributed by atoms with E-state index in [1.807, 2.05) is 65.1 Å². The van der Waals surface area contributed by atoms with Gasteiger partial charge in [0.2, 0.25) is 11.1 Å². The molecule has 0 aliphatic carbocycles. The summed E-state index contributed by atoms with van der Waals surface area (Å²) in [7, 11) is 0. The van der Waals surface area contributed by atoms with Crippen molar-refractivity contribution >= 4 is 23.4 Å². The van der Waals surface area contributed by atoms with Gasteiger partial charge in [-0.2, -0.15) is 0 Å². The molecular weight excluding hydrogens is 389 g/mol. The van der Waals surface area contributed by atoms with Crippen molar-refractivity contribution in [2.75, 3.05) is 11.1 Å². The lowest BCUT2D eigenvalue weighted by Crippen LogP contribution is -2.15. The summed E-state index contributed by atoms with van der Waals surface area (Å²) in [5, 5.41) is 12.0. The Hall–Kier alpha value is -3.39. The highest BCUT2D eigenvalue weighted by Crippen LogP contribution is 2.25. The summed E-state index contributed by atoms with van der Waals surface area (Å²) in [6.45, 7) is 2.02. The Morgan fingerprint density at radius 3 is 2.55 bits per heavy atom. The standard InChI is InChI=1S/C21H18FN5OS/c1-15-5-4-6-16(13-15)20-24-25-21(27(20)26-11-2-3-12-26)29-14-19(28)23-18-9-7-17(22)8-10-18/h2-13H,14H2,1H3,(H,23,28). The van der Waals surface area contributed by atoms with Crippen LogP contribution in [0.1, 0.15) is 5.56 Å². The zero-order valence-corrected chi connectivity index (χ0v) is 16.4. The number of anilines is 1. The molecule has 1 N–H and O–H groups in total. The monoisotopic (exact) mass is 407 g/mol. The molecule has 1 amide bonds. The summed E-state index contributed by atoms with van der Waals surface area (Å²) in [4.78, 5) is 12.3. The molecule has 6 nitrogen and oxygen atoms in total. The number of aryl methyl sites for hydroxylation is 1. The minimum Gasteiger partial charge on any atom is -0.325 e. The SMILES string of the molecule is Cc1cccc(-c2nnc(SCC(=O)Nc3ccc(F)cc3)n2-n2cccc2)c1. The first-order valence-corrected chi connectivity index (χ1v) is 9.93. The van der Waals surface area contributed by atoms with Crippen molar-refractivity contribution in [1.82, 2.24) is 19.5 Å². The number of nitrogens with zero attached hydrogens (tertiary/aromatic N) is 4. The number of carbonyl (C=O) groups is 1. The van der Waals surface area contributed by atoms with E-state index in [1.54, 1.807) is 0 Å². The molecule has 0 fully saturated rings. The normalized spacial score (nSPS) is 10.8. The number of halogens is 1. The zero-order valence-electron chi connectivity index (χ0n) is 15.6. The summed E-state index contributed by atoms with van der Waals surface area (Å²) in [5.74, 6) is 0.276. The van der Waals surface area contributed by atoms with Crippen LogP contribution in [0, 0.1) is 12.7 Å². The fourth-order valence-corrected chi connectivity index (χ4v) is 3.58. The lowest BCUT2D eigenvalue weighted by Gasteiger charge is -2.11. The Bertz CT molecular complexity index is 1120. The van der Waals surface area contributed by atoms with Crippen LogP contribution in [0.25, 0.3) is 11.4 Å². The average Bonchev–Trinajstić information content (AvgIpc) is 3.37. The molecule has 2 heterocycles. The molecule has 0 aliphatic heterocycles. The predicted octanol–water partition coefficient (Wildman–Crippen LogP) is 4.24. The Kier molecular flexibility index (Phi) is 5.44. The quantitative estimate of drug-likeness (QED) is 0.486. The Morgan fingerprint density at radius 1 is 1.07 bits per heavy atom. The number of thioether (sulfide) groups is 1. The topological polar surface area (TPSA) is 64.7 Å². The lowest BCUT2D eigenvalue weighted by atomic mass is 10.1. The van der Waals surface area contributed by atoms with E-state index in [9.17, 15) is 9.18 Å². The van der Waals surface area contributed by atoms with Crippen LogP contribution in [-0.4, -0.2) is 31.2 Å². The molecule has 0 radical (unpaired) electrons. The fraction of sp³-hybridized carbons (Fsp3) is 0.0952. The molecule has 0 saturated carbocycles. The smallest absolute Gasteiger partial charge is 0.234 e. The maximum absolute atomic E-state index is 13.0. The second-order valence-electron chi connectivity index (χ2n) is 6.39. The first-order chi connectivity index (χ1) is 14.1. The van der Waals surface area contributed by atoms with Gasteiger partial charge < -0.3 is 5.32 Å². The van der Waals surface area contributed by atoms with Gasteiger partial charge in [-0.3, -0.25) is 9.47 Å². The van der Waals surface area contributed by atoms with Crippen molar-refractivity contribution in [2.24, 2.45) is 0 Å². The molecule has 8 heteroatoms. The molecule has 146 valence electrons. The molecule has 0 spiro atoms. The van der Waals surface area contributed by atoms with Crippen LogP contribution >= 0.6 is 11.8 Å². The van der Waals surface area contributed by atoms with Crippen LogP contribution < -0.4 is 5.32 Å². The number of amides is 1. The van der Waals surface area contributed by atoms with Crippen LogP contribution in [0.2, 0.25) is 0 Å². The fourth-order valence-electron chi connectivity index (χ4n) is 2.85. The second kappa shape index (κ2) is 8.32. The minimum atomic E-state index is -0.346. The Labute approximate surface area is 171 Å². The highest BCUT2D eigenvalue weighted by molar-refractivity contribution is 7.99. The first-order valence-electron chi connectivity index (χ1n) is 8.94. The number of benzene rings is 2. The first kappa shape index (κ1) is 18.9. The number of aromatic nitrogens is 4. The van der Waals surface area contributed by atoms with Gasteiger partial charge in [0.1, 0.15) is 5.82 Å². The van der Waals surface area contributed by atoms with Gasteiger partial charge in [0.05, 0.1) is 5.75 Å². The molecule has 2 aromatic heterocycles. The molecular formula is C21H18FN5OS. The Balaban J connectivity index is 1.56. The van der Waals surface area contributed by atoms with Gasteiger partial charge in [0, 0.05) is 23.6 Å². The van der Waals surface area contributed by atoms with Gasteiger partial charge in [0.25, 0.3) is 0 Å². The van der Waals surface area contributed by atoms with E-state index >= 15 is 0 Å². The van der Waals surface area contributed by atoms with Gasteiger partial charge in [-0.25, -0.2) is 9.07 Å². The minimum absolute atomic E-state index is 0.143. The van der Waals surface area contributed by atoms with Crippen LogP contribution in [0.5, 0.6) is 0 Å². The van der Waals surface area contributed by atoms with E-state index in [1.165, 1.54) is 36.0 Å². The van der Waals surface area contributed by atoms with Crippen molar-refractivity contribution in [1.29, 1.82) is 0 Å². The summed E-state index contributed by atoms with van der Waals surface area (Å²) < 4.78 is 16.7. The number of carbonyl (C=O) groups excluding carboxylic acids is 1. The Morgan fingerprint density at radius 2 is 1.83 bits per heavy atom. The highest BCUT2D eigenvalue weighted by Gasteiger charge is 2.17. The summed E-state index contributed by atoms with van der Waals surface area (Å²) >= 11 is 1.28. The number of hydrogen-bond acceptors (Lipinski definition) is 4. The third kappa shape index (κ3) is 4.38. The molecule has 0 atom stereocenters. The molecule has 29 heavy (non-hydrogen) atoms. The molecule has 4 aromatic rings. The second-order valence-corrected chi connectivity index (χ2v) is 7.34. The van der Waals surface area contributed by atoms with E-state index in [0.717, 1.165) is 11.1 Å². The summed E-state index contributed by atoms with van der Waals surface area (Å²) in [6.07, 6.45) is 3.79. The third-order valence-corrected chi connectivity index (χ3v) is 5.09. The summed E-state index contributed by atoms with van der Waals surface area (Å²) in [6, 6.07) is 17.5. The summed E-state index contributed by atoms with van der Waals surface area (Å²) in [5.41, 5.74) is 2.61. The van der Waals surface area contributed by atoms with Crippen molar-refractivity contribution in [3.63, 3.8) is 0 Å². The van der Waals surface area contributed by atoms with Gasteiger partial charge in [-0.05, 0) is 49.4 Å². The molecule has 0 unspecified atom stereocenters. The van der Waals surface area contributed by atoms with Crippen LogP contribution in [0.4, 0.5) is 10.1 Å². The van der Waals surface area contributed by atoms with Gasteiger partial charge in [-0.1, -0.05) is 35.5 Å². The molecule has 0 saturated heterocycles. The molecule has 0 aliphatic rings. The zero-order chi connectivity index (χ0) is 20.2. The van der Waals surface area contributed by atoms with E-state index in [2.05, 4.69) is 15.5 Å². The van der Waals surface area contributed by atoms with E-state index < -0.39 is 0 Å². The predicted molar refractivity (Wildman–Crippen MR) is 111 cm³/mol. The molecule has 2 aromatic carbocycles. The third-order valence-electron chi connectivity index (χ3n) is 4.17. The van der Waals surface area contributed by atoms with Crippen molar-refractivity contribution < 1.29 is 9.18 Å². The molecule has 0 bridgehead atoms. The maximum atomic E-state index is 13.0. The largest absolute Gasteiger partial charge is 0.325 e. The lowest BCUT2D eigenvalue weighted by molar-refractivity contribution is -0.113. The van der Waals surface area contributed by atoms with Crippen LogP contribution in [-0.2, 0) is 4.79 Å². The number of rotatable bonds is 6. The number of hydrogen-bond donors (Lipinski definition) is 1. The van der Waals surface area contributed by atoms with Gasteiger partial charge in [-0.15, -0.1) is 10.2 Å². The highest BCUT2D eigenvalue weighted by atomic mass is 32.2. The maximum Gasteiger partial charge on any atom is 0.234 e. The van der Waals surface area contributed by atoms with Crippen LogP contribution in [0.15, 0.2) is 78.2 Å². The van der Waals surface area contributed by atoms with E-state index in [0.29, 0.717) is 16.7 Å². The van der Waals surface area contributed by atoms with Crippen LogP contribution in [0.3, 0.4) is 0 Å². The van der Waals surface area contributed by atoms with Gasteiger partial charge in [0.15, 0.2) is 5.82 Å². The van der Waals surface area contributed by atoms with E-state index in [-0.39, 0.29) is 17.5 Å². The van der Waals surface area contributed by atoms with E-state index in [4.69, 9.17) is 0 Å². The molecule has 4 rings (SSSR count). The van der Waals surface area contributed by atoms with Crippen molar-refractivity contribution in [3.8, 4) is 11.4 Å².